The van der Waals surface area contributed by atoms with Gasteiger partial charge < -0.3 is 15.4 Å². The summed E-state index contributed by atoms with van der Waals surface area (Å²) in [6, 6.07) is 14.2. The molecule has 2 amide bonds. The quantitative estimate of drug-likeness (QED) is 0.414. The Morgan fingerprint density at radius 2 is 1.62 bits per heavy atom. The number of hydrogen-bond donors (Lipinski definition) is 2. The Hall–Kier alpha value is -4.11. The minimum absolute atomic E-state index is 0.225. The van der Waals surface area contributed by atoms with Gasteiger partial charge in [-0.1, -0.05) is 29.8 Å². The van der Waals surface area contributed by atoms with Gasteiger partial charge in [-0.3, -0.25) is 19.0 Å². The summed E-state index contributed by atoms with van der Waals surface area (Å²) in [6.45, 7) is 2.18. The van der Waals surface area contributed by atoms with Crippen LogP contribution in [-0.4, -0.2) is 31.4 Å². The molecule has 0 saturated heterocycles. The maximum atomic E-state index is 12.9. The van der Waals surface area contributed by atoms with E-state index in [0.717, 1.165) is 11.3 Å². The second-order valence-electron chi connectivity index (χ2n) is 7.65. The molecule has 34 heavy (non-hydrogen) atoms. The Morgan fingerprint density at radius 3 is 2.29 bits per heavy atom. The van der Waals surface area contributed by atoms with Crippen molar-refractivity contribution < 1.29 is 14.3 Å². The van der Waals surface area contributed by atoms with Crippen LogP contribution in [0.5, 0.6) is 5.75 Å². The number of aryl methyl sites for hydroxylation is 2. The van der Waals surface area contributed by atoms with E-state index in [2.05, 4.69) is 20.8 Å². The Labute approximate surface area is 201 Å². The smallest absolute Gasteiger partial charge is 0.276 e. The lowest BCUT2D eigenvalue weighted by Gasteiger charge is -2.10. The lowest BCUT2D eigenvalue weighted by molar-refractivity contribution is 0.101. The molecule has 4 aromatic rings. The van der Waals surface area contributed by atoms with Crippen LogP contribution in [0.4, 0.5) is 11.4 Å². The van der Waals surface area contributed by atoms with E-state index in [1.165, 1.54) is 10.9 Å². The Bertz CT molecular complexity index is 1340. The van der Waals surface area contributed by atoms with Crippen molar-refractivity contribution in [3.05, 3.63) is 88.5 Å². The van der Waals surface area contributed by atoms with Crippen molar-refractivity contribution in [3.8, 4) is 5.75 Å². The predicted octanol–water partition coefficient (Wildman–Crippen LogP) is 4.20. The van der Waals surface area contributed by atoms with Crippen molar-refractivity contribution in [3.63, 3.8) is 0 Å². The predicted molar refractivity (Wildman–Crippen MR) is 129 cm³/mol. The van der Waals surface area contributed by atoms with E-state index >= 15 is 0 Å². The summed E-state index contributed by atoms with van der Waals surface area (Å²) >= 11 is 5.97. The van der Waals surface area contributed by atoms with Crippen molar-refractivity contribution in [2.45, 2.75) is 13.5 Å². The molecule has 0 bridgehead atoms. The third kappa shape index (κ3) is 5.10. The summed E-state index contributed by atoms with van der Waals surface area (Å²) in [5.74, 6) is -0.0972. The second-order valence-corrected chi connectivity index (χ2v) is 8.09. The van der Waals surface area contributed by atoms with Gasteiger partial charge in [0.25, 0.3) is 11.8 Å². The monoisotopic (exact) mass is 478 g/mol. The minimum Gasteiger partial charge on any atom is -0.489 e. The van der Waals surface area contributed by atoms with E-state index in [9.17, 15) is 9.59 Å². The van der Waals surface area contributed by atoms with E-state index in [1.807, 2.05) is 31.2 Å². The lowest BCUT2D eigenvalue weighted by atomic mass is 10.1. The molecule has 0 atom stereocenters. The standard InChI is InChI=1S/C24H23ClN6O3/c1-15-20(12-26-30(15)2)28-24(33)22-21(13-27-31(22)3)29-23(32)17-9-7-16(8-10-17)14-34-19-6-4-5-18(25)11-19/h4-13H,14H2,1-3H3,(H,28,33)(H,29,32). The van der Waals surface area contributed by atoms with Gasteiger partial charge >= 0.3 is 0 Å². The zero-order chi connectivity index (χ0) is 24.2. The summed E-state index contributed by atoms with van der Waals surface area (Å²) in [7, 11) is 3.42. The maximum absolute atomic E-state index is 12.9. The number of nitrogens with one attached hydrogen (secondary N) is 2. The topological polar surface area (TPSA) is 103 Å². The molecule has 0 unspecified atom stereocenters. The molecule has 4 rings (SSSR count). The summed E-state index contributed by atoms with van der Waals surface area (Å²) in [5.41, 5.74) is 3.25. The number of nitrogens with zero attached hydrogens (tertiary/aromatic N) is 4. The maximum Gasteiger partial charge on any atom is 0.276 e. The van der Waals surface area contributed by atoms with Gasteiger partial charge in [0.1, 0.15) is 18.1 Å². The molecule has 10 heteroatoms. The Morgan fingerprint density at radius 1 is 0.941 bits per heavy atom. The molecule has 0 aliphatic carbocycles. The van der Waals surface area contributed by atoms with Gasteiger partial charge in [0.15, 0.2) is 0 Å². The van der Waals surface area contributed by atoms with E-state index in [-0.39, 0.29) is 11.6 Å². The summed E-state index contributed by atoms with van der Waals surface area (Å²) < 4.78 is 8.79. The first-order valence-electron chi connectivity index (χ1n) is 10.4. The number of halogens is 1. The van der Waals surface area contributed by atoms with Crippen LogP contribution in [0.2, 0.25) is 5.02 Å². The van der Waals surface area contributed by atoms with Crippen LogP contribution in [0.15, 0.2) is 60.9 Å². The highest BCUT2D eigenvalue weighted by atomic mass is 35.5. The fourth-order valence-electron chi connectivity index (χ4n) is 3.27. The van der Waals surface area contributed by atoms with Gasteiger partial charge in [-0.2, -0.15) is 10.2 Å². The molecule has 0 spiro atoms. The zero-order valence-electron chi connectivity index (χ0n) is 18.9. The minimum atomic E-state index is -0.403. The number of anilines is 2. The summed E-state index contributed by atoms with van der Waals surface area (Å²) in [5, 5.41) is 14.4. The first-order valence-corrected chi connectivity index (χ1v) is 10.8. The van der Waals surface area contributed by atoms with Crippen molar-refractivity contribution in [2.24, 2.45) is 14.1 Å². The van der Waals surface area contributed by atoms with Crippen LogP contribution in [0.1, 0.15) is 32.1 Å². The van der Waals surface area contributed by atoms with Crippen molar-refractivity contribution in [1.82, 2.24) is 19.6 Å². The molecule has 0 fully saturated rings. The van der Waals surface area contributed by atoms with Gasteiger partial charge in [-0.25, -0.2) is 0 Å². The molecule has 2 aromatic carbocycles. The Kier molecular flexibility index (Phi) is 6.65. The fourth-order valence-corrected chi connectivity index (χ4v) is 3.45. The van der Waals surface area contributed by atoms with E-state index < -0.39 is 5.91 Å². The van der Waals surface area contributed by atoms with Gasteiger partial charge in [0.2, 0.25) is 0 Å². The average Bonchev–Trinajstić information content (AvgIpc) is 3.34. The third-order valence-electron chi connectivity index (χ3n) is 5.30. The highest BCUT2D eigenvalue weighted by Gasteiger charge is 2.20. The van der Waals surface area contributed by atoms with Crippen LogP contribution in [-0.2, 0) is 20.7 Å². The van der Waals surface area contributed by atoms with Gasteiger partial charge in [0.05, 0.1) is 29.5 Å². The van der Waals surface area contributed by atoms with Crippen LogP contribution in [0, 0.1) is 6.92 Å². The zero-order valence-corrected chi connectivity index (χ0v) is 19.6. The molecular formula is C24H23ClN6O3. The number of carbonyl (C=O) groups is 2. The number of hydrogen-bond acceptors (Lipinski definition) is 5. The highest BCUT2D eigenvalue weighted by molar-refractivity contribution is 6.30. The molecule has 2 heterocycles. The number of amides is 2. The summed E-state index contributed by atoms with van der Waals surface area (Å²) in [6.07, 6.45) is 3.01. The number of ether oxygens (including phenoxy) is 1. The Balaban J connectivity index is 1.42. The fraction of sp³-hybridized carbons (Fsp3) is 0.167. The average molecular weight is 479 g/mol. The van der Waals surface area contributed by atoms with E-state index in [0.29, 0.717) is 34.3 Å². The molecule has 2 aromatic heterocycles. The van der Waals surface area contributed by atoms with E-state index in [1.54, 1.807) is 49.2 Å². The molecule has 0 radical (unpaired) electrons. The second kappa shape index (κ2) is 9.80. The lowest BCUT2D eigenvalue weighted by Crippen LogP contribution is -2.20. The molecule has 9 nitrogen and oxygen atoms in total. The molecule has 0 aliphatic heterocycles. The molecule has 0 aliphatic rings. The largest absolute Gasteiger partial charge is 0.489 e. The van der Waals surface area contributed by atoms with Crippen LogP contribution in [0.25, 0.3) is 0 Å². The highest BCUT2D eigenvalue weighted by Crippen LogP contribution is 2.21. The van der Waals surface area contributed by atoms with Crippen molar-refractivity contribution in [1.29, 1.82) is 0 Å². The normalized spacial score (nSPS) is 10.7. The van der Waals surface area contributed by atoms with E-state index in [4.69, 9.17) is 16.3 Å². The number of benzene rings is 2. The SMILES string of the molecule is Cc1c(NC(=O)c2c(NC(=O)c3ccc(COc4cccc(Cl)c4)cc3)cnn2C)cnn1C. The number of carbonyl (C=O) groups excluding carboxylic acids is 2. The molecule has 2 N–H and O–H groups in total. The number of aromatic nitrogens is 4. The van der Waals surface area contributed by atoms with Gasteiger partial charge in [-0.15, -0.1) is 0 Å². The van der Waals surface area contributed by atoms with Crippen molar-refractivity contribution in [2.75, 3.05) is 10.6 Å². The van der Waals surface area contributed by atoms with Crippen LogP contribution >= 0.6 is 11.6 Å². The molecule has 174 valence electrons. The van der Waals surface area contributed by atoms with Crippen LogP contribution in [0.3, 0.4) is 0 Å². The number of rotatable bonds is 7. The van der Waals surface area contributed by atoms with Crippen LogP contribution < -0.4 is 15.4 Å². The molecular weight excluding hydrogens is 456 g/mol. The first-order chi connectivity index (χ1) is 16.3. The van der Waals surface area contributed by atoms with Gasteiger partial charge in [-0.05, 0) is 42.8 Å². The molecule has 0 saturated carbocycles. The first kappa shape index (κ1) is 23.1. The summed E-state index contributed by atoms with van der Waals surface area (Å²) in [4.78, 5) is 25.7. The van der Waals surface area contributed by atoms with Gasteiger partial charge in [0, 0.05) is 24.7 Å². The van der Waals surface area contributed by atoms with Crippen molar-refractivity contribution >= 4 is 34.8 Å². The third-order valence-corrected chi connectivity index (χ3v) is 5.54.